The number of carbonyl (C=O) groups is 2. The van der Waals surface area contributed by atoms with E-state index in [2.05, 4.69) is 10.2 Å². The molecule has 3 rings (SSSR count). The van der Waals surface area contributed by atoms with Crippen LogP contribution in [0.5, 0.6) is 0 Å². The highest BCUT2D eigenvalue weighted by Crippen LogP contribution is 2.38. The number of urea groups is 1. The zero-order chi connectivity index (χ0) is 12.6. The largest absolute Gasteiger partial charge is 0.325 e. The minimum absolute atomic E-state index is 0.0635. The fraction of sp³-hybridized carbons (Fsp3) is 0.846. The van der Waals surface area contributed by atoms with Crippen LogP contribution in [-0.2, 0) is 4.79 Å². The molecule has 0 bridgehead atoms. The van der Waals surface area contributed by atoms with Crippen LogP contribution in [0.2, 0.25) is 0 Å². The zero-order valence-electron chi connectivity index (χ0n) is 10.8. The van der Waals surface area contributed by atoms with Crippen molar-refractivity contribution in [1.29, 1.82) is 0 Å². The molecule has 1 saturated carbocycles. The Bertz CT molecular complexity index is 357. The molecule has 1 aliphatic carbocycles. The Morgan fingerprint density at radius 3 is 2.33 bits per heavy atom. The van der Waals surface area contributed by atoms with Crippen LogP contribution in [-0.4, -0.2) is 53.5 Å². The van der Waals surface area contributed by atoms with Gasteiger partial charge in [-0.15, -0.1) is 0 Å². The lowest BCUT2D eigenvalue weighted by Gasteiger charge is -2.32. The third-order valence-corrected chi connectivity index (χ3v) is 4.67. The van der Waals surface area contributed by atoms with Crippen molar-refractivity contribution in [3.05, 3.63) is 0 Å². The van der Waals surface area contributed by atoms with Gasteiger partial charge < -0.3 is 9.80 Å². The Balaban J connectivity index is 1.68. The minimum Gasteiger partial charge on any atom is -0.308 e. The minimum atomic E-state index is -0.503. The molecule has 100 valence electrons. The first kappa shape index (κ1) is 12.0. The molecule has 18 heavy (non-hydrogen) atoms. The van der Waals surface area contributed by atoms with Gasteiger partial charge in [-0.25, -0.2) is 4.79 Å². The number of carbonyl (C=O) groups excluding carboxylic acids is 2. The standard InChI is InChI=1S/C13H21N3O2/c17-11-13(5-1-2-6-13)16(12(18)14-11)10-9-15-7-3-4-8-15/h1-10H2,(H,14,17,18). The van der Waals surface area contributed by atoms with Crippen LogP contribution in [0.4, 0.5) is 4.79 Å². The van der Waals surface area contributed by atoms with Crippen molar-refractivity contribution in [3.63, 3.8) is 0 Å². The van der Waals surface area contributed by atoms with Gasteiger partial charge in [0.1, 0.15) is 5.54 Å². The molecular formula is C13H21N3O2. The van der Waals surface area contributed by atoms with E-state index in [0.717, 1.165) is 45.3 Å². The Morgan fingerprint density at radius 1 is 1.00 bits per heavy atom. The average Bonchev–Trinajstić information content (AvgIpc) is 3.02. The number of amides is 3. The molecule has 3 amide bonds. The van der Waals surface area contributed by atoms with Gasteiger partial charge in [-0.05, 0) is 38.8 Å². The van der Waals surface area contributed by atoms with Crippen LogP contribution in [0, 0.1) is 0 Å². The lowest BCUT2D eigenvalue weighted by atomic mass is 9.96. The summed E-state index contributed by atoms with van der Waals surface area (Å²) < 4.78 is 0. The van der Waals surface area contributed by atoms with E-state index in [0.29, 0.717) is 6.54 Å². The van der Waals surface area contributed by atoms with Crippen LogP contribution in [0.3, 0.4) is 0 Å². The van der Waals surface area contributed by atoms with Gasteiger partial charge in [0, 0.05) is 13.1 Å². The number of imide groups is 1. The molecule has 3 fully saturated rings. The average molecular weight is 251 g/mol. The first-order valence-corrected chi connectivity index (χ1v) is 7.08. The summed E-state index contributed by atoms with van der Waals surface area (Å²) >= 11 is 0. The van der Waals surface area contributed by atoms with E-state index in [1.165, 1.54) is 12.8 Å². The summed E-state index contributed by atoms with van der Waals surface area (Å²) in [7, 11) is 0. The number of likely N-dealkylation sites (tertiary alicyclic amines) is 1. The molecule has 5 nitrogen and oxygen atoms in total. The van der Waals surface area contributed by atoms with Crippen molar-refractivity contribution < 1.29 is 9.59 Å². The SMILES string of the molecule is O=C1NC(=O)C2(CCCC2)N1CCN1CCCC1. The number of rotatable bonds is 3. The topological polar surface area (TPSA) is 52.7 Å². The van der Waals surface area contributed by atoms with Gasteiger partial charge in [-0.1, -0.05) is 12.8 Å². The molecule has 5 heteroatoms. The van der Waals surface area contributed by atoms with Gasteiger partial charge in [-0.2, -0.15) is 0 Å². The van der Waals surface area contributed by atoms with E-state index in [9.17, 15) is 9.59 Å². The number of nitrogens with one attached hydrogen (secondary N) is 1. The third kappa shape index (κ3) is 1.81. The van der Waals surface area contributed by atoms with E-state index in [-0.39, 0.29) is 11.9 Å². The zero-order valence-corrected chi connectivity index (χ0v) is 10.8. The quantitative estimate of drug-likeness (QED) is 0.760. The van der Waals surface area contributed by atoms with Crippen LogP contribution >= 0.6 is 0 Å². The maximum Gasteiger partial charge on any atom is 0.325 e. The van der Waals surface area contributed by atoms with Crippen molar-refractivity contribution in [1.82, 2.24) is 15.1 Å². The molecule has 0 aromatic rings. The molecule has 0 unspecified atom stereocenters. The second kappa shape index (κ2) is 4.53. The van der Waals surface area contributed by atoms with Crippen molar-refractivity contribution in [2.24, 2.45) is 0 Å². The van der Waals surface area contributed by atoms with Gasteiger partial charge in [0.2, 0.25) is 0 Å². The van der Waals surface area contributed by atoms with Crippen LogP contribution in [0.15, 0.2) is 0 Å². The summed E-state index contributed by atoms with van der Waals surface area (Å²) in [5.74, 6) is -0.0635. The maximum atomic E-state index is 12.0. The van der Waals surface area contributed by atoms with E-state index in [4.69, 9.17) is 0 Å². The Hall–Kier alpha value is -1.10. The van der Waals surface area contributed by atoms with Crippen molar-refractivity contribution >= 4 is 11.9 Å². The van der Waals surface area contributed by atoms with Crippen LogP contribution in [0.25, 0.3) is 0 Å². The molecule has 2 saturated heterocycles. The second-order valence-electron chi connectivity index (χ2n) is 5.70. The molecular weight excluding hydrogens is 230 g/mol. The molecule has 1 spiro atoms. The predicted octanol–water partition coefficient (Wildman–Crippen LogP) is 0.947. The van der Waals surface area contributed by atoms with Gasteiger partial charge in [0.15, 0.2) is 0 Å². The third-order valence-electron chi connectivity index (χ3n) is 4.67. The van der Waals surface area contributed by atoms with E-state index in [1.807, 2.05) is 0 Å². The predicted molar refractivity (Wildman–Crippen MR) is 67.1 cm³/mol. The van der Waals surface area contributed by atoms with E-state index < -0.39 is 5.54 Å². The molecule has 0 radical (unpaired) electrons. The molecule has 0 atom stereocenters. The number of hydrogen-bond acceptors (Lipinski definition) is 3. The van der Waals surface area contributed by atoms with Gasteiger partial charge in [-0.3, -0.25) is 10.1 Å². The summed E-state index contributed by atoms with van der Waals surface area (Å²) in [6.45, 7) is 3.87. The van der Waals surface area contributed by atoms with Gasteiger partial charge in [0.05, 0.1) is 0 Å². The first-order chi connectivity index (χ1) is 8.72. The fourth-order valence-electron chi connectivity index (χ4n) is 3.62. The van der Waals surface area contributed by atoms with Crippen molar-refractivity contribution in [2.45, 2.75) is 44.1 Å². The lowest BCUT2D eigenvalue weighted by molar-refractivity contribution is -0.126. The summed E-state index contributed by atoms with van der Waals surface area (Å²) in [6.07, 6.45) is 6.31. The first-order valence-electron chi connectivity index (χ1n) is 7.08. The molecule has 2 aliphatic heterocycles. The summed E-state index contributed by atoms with van der Waals surface area (Å²) in [5.41, 5.74) is -0.503. The maximum absolute atomic E-state index is 12.0. The van der Waals surface area contributed by atoms with Crippen LogP contribution in [0.1, 0.15) is 38.5 Å². The summed E-state index contributed by atoms with van der Waals surface area (Å²) in [6, 6.07) is -0.180. The van der Waals surface area contributed by atoms with E-state index >= 15 is 0 Å². The normalized spacial score (nSPS) is 27.4. The van der Waals surface area contributed by atoms with Crippen molar-refractivity contribution in [2.75, 3.05) is 26.2 Å². The molecule has 1 N–H and O–H groups in total. The van der Waals surface area contributed by atoms with Gasteiger partial charge >= 0.3 is 6.03 Å². The fourth-order valence-corrected chi connectivity index (χ4v) is 3.62. The highest BCUT2D eigenvalue weighted by Gasteiger charge is 2.53. The number of nitrogens with zero attached hydrogens (tertiary/aromatic N) is 2. The molecule has 0 aromatic carbocycles. The molecule has 2 heterocycles. The van der Waals surface area contributed by atoms with Gasteiger partial charge in [0.25, 0.3) is 5.91 Å². The highest BCUT2D eigenvalue weighted by molar-refractivity contribution is 6.07. The number of hydrogen-bond donors (Lipinski definition) is 1. The molecule has 0 aromatic heterocycles. The highest BCUT2D eigenvalue weighted by atomic mass is 16.2. The lowest BCUT2D eigenvalue weighted by Crippen LogP contribution is -2.49. The van der Waals surface area contributed by atoms with E-state index in [1.54, 1.807) is 4.90 Å². The summed E-state index contributed by atoms with van der Waals surface area (Å²) in [5, 5.41) is 2.50. The van der Waals surface area contributed by atoms with Crippen LogP contribution < -0.4 is 5.32 Å². The Morgan fingerprint density at radius 2 is 1.67 bits per heavy atom. The monoisotopic (exact) mass is 251 g/mol. The smallest absolute Gasteiger partial charge is 0.308 e. The summed E-state index contributed by atoms with van der Waals surface area (Å²) in [4.78, 5) is 28.1. The Kier molecular flexibility index (Phi) is 3.01. The molecule has 3 aliphatic rings. The Labute approximate surface area is 107 Å². The van der Waals surface area contributed by atoms with Crippen molar-refractivity contribution in [3.8, 4) is 0 Å². The second-order valence-corrected chi connectivity index (χ2v) is 5.70.